The van der Waals surface area contributed by atoms with Gasteiger partial charge >= 0.3 is 0 Å². The Balaban J connectivity index is 1.38. The molecule has 0 amide bonds. The van der Waals surface area contributed by atoms with E-state index in [1.807, 2.05) is 20.3 Å². The fourth-order valence-electron chi connectivity index (χ4n) is 8.43. The van der Waals surface area contributed by atoms with E-state index < -0.39 is 5.60 Å². The zero-order valence-corrected chi connectivity index (χ0v) is 20.4. The fraction of sp³-hybridized carbons (Fsp3) is 0.962. The predicted molar refractivity (Wildman–Crippen MR) is 125 cm³/mol. The van der Waals surface area contributed by atoms with Crippen molar-refractivity contribution in [2.45, 2.75) is 96.2 Å². The number of hydrogen-bond acceptors (Lipinski definition) is 5. The molecule has 0 aliphatic heterocycles. The van der Waals surface area contributed by atoms with E-state index in [9.17, 15) is 10.2 Å². The van der Waals surface area contributed by atoms with Gasteiger partial charge < -0.3 is 20.0 Å². The zero-order valence-electron chi connectivity index (χ0n) is 20.4. The molecule has 0 saturated heterocycles. The van der Waals surface area contributed by atoms with Crippen LogP contribution in [0.15, 0.2) is 5.16 Å². The second-order valence-corrected chi connectivity index (χ2v) is 12.0. The molecule has 8 atom stereocenters. The van der Waals surface area contributed by atoms with Crippen molar-refractivity contribution in [2.24, 2.45) is 39.7 Å². The third-order valence-corrected chi connectivity index (χ3v) is 10.4. The summed E-state index contributed by atoms with van der Waals surface area (Å²) in [6.07, 6.45) is 13.8. The molecule has 0 spiro atoms. The van der Waals surface area contributed by atoms with Crippen LogP contribution in [0.3, 0.4) is 0 Å². The van der Waals surface area contributed by atoms with Gasteiger partial charge in [0.1, 0.15) is 6.61 Å². The van der Waals surface area contributed by atoms with Crippen molar-refractivity contribution >= 4 is 6.21 Å². The van der Waals surface area contributed by atoms with E-state index in [4.69, 9.17) is 4.84 Å². The highest BCUT2D eigenvalue weighted by Gasteiger charge is 2.66. The standard InChI is InChI=1S/C26H46N2O3/c1-24-12-10-21(29)18-20(24)7-8-23-22(24)11-13-25(2)19(9-14-26(23,25)30)6-5-15-27-31-17-16-28(3)4/h15,19-23,29-30H,5-14,16-18H2,1-4H3/t19-,20+,21-,22-,23+,24-,25+,26-/m0/s1. The van der Waals surface area contributed by atoms with Crippen LogP contribution in [0.25, 0.3) is 0 Å². The van der Waals surface area contributed by atoms with Gasteiger partial charge in [0.2, 0.25) is 0 Å². The second-order valence-electron chi connectivity index (χ2n) is 12.0. The summed E-state index contributed by atoms with van der Waals surface area (Å²) in [6.45, 7) is 6.40. The Hall–Kier alpha value is -0.650. The van der Waals surface area contributed by atoms with Crippen molar-refractivity contribution in [1.29, 1.82) is 0 Å². The number of fused-ring (bicyclic) bond motifs is 5. The molecular weight excluding hydrogens is 388 g/mol. The van der Waals surface area contributed by atoms with E-state index in [2.05, 4.69) is 23.9 Å². The van der Waals surface area contributed by atoms with E-state index in [1.54, 1.807) is 0 Å². The van der Waals surface area contributed by atoms with Crippen LogP contribution in [0.2, 0.25) is 0 Å². The predicted octanol–water partition coefficient (Wildman–Crippen LogP) is 4.47. The maximum Gasteiger partial charge on any atom is 0.129 e. The molecule has 5 nitrogen and oxygen atoms in total. The molecule has 2 N–H and O–H groups in total. The van der Waals surface area contributed by atoms with Gasteiger partial charge in [-0.15, -0.1) is 0 Å². The van der Waals surface area contributed by atoms with Crippen LogP contribution in [0.1, 0.15) is 84.5 Å². The van der Waals surface area contributed by atoms with Crippen LogP contribution in [-0.4, -0.2) is 60.3 Å². The first-order valence-electron chi connectivity index (χ1n) is 12.9. The van der Waals surface area contributed by atoms with Crippen molar-refractivity contribution in [3.8, 4) is 0 Å². The summed E-state index contributed by atoms with van der Waals surface area (Å²) in [4.78, 5) is 7.45. The first kappa shape index (κ1) is 23.5. The van der Waals surface area contributed by atoms with E-state index in [1.165, 1.54) is 12.8 Å². The lowest BCUT2D eigenvalue weighted by molar-refractivity contribution is -0.210. The summed E-state index contributed by atoms with van der Waals surface area (Å²) in [5.41, 5.74) is -0.164. The Morgan fingerprint density at radius 3 is 2.61 bits per heavy atom. The highest BCUT2D eigenvalue weighted by atomic mass is 16.6. The van der Waals surface area contributed by atoms with Crippen LogP contribution in [-0.2, 0) is 4.84 Å². The number of aliphatic hydroxyl groups excluding tert-OH is 1. The van der Waals surface area contributed by atoms with Crippen molar-refractivity contribution in [3.63, 3.8) is 0 Å². The molecule has 0 aromatic heterocycles. The highest BCUT2D eigenvalue weighted by Crippen LogP contribution is 2.69. The summed E-state index contributed by atoms with van der Waals surface area (Å²) in [5.74, 6) is 2.29. The molecule has 4 aliphatic rings. The van der Waals surface area contributed by atoms with Crippen LogP contribution >= 0.6 is 0 Å². The van der Waals surface area contributed by atoms with Gasteiger partial charge in [-0.2, -0.15) is 0 Å². The summed E-state index contributed by atoms with van der Waals surface area (Å²) < 4.78 is 0. The van der Waals surface area contributed by atoms with Gasteiger partial charge in [0.05, 0.1) is 11.7 Å². The van der Waals surface area contributed by atoms with Crippen molar-refractivity contribution in [3.05, 3.63) is 0 Å². The molecule has 0 bridgehead atoms. The SMILES string of the molecule is CN(C)CCON=CCC[C@H]1CC[C@]2(O)[C@@H]3CC[C@@H]4C[C@@H](O)CC[C@]4(C)[C@H]3CC[C@]12C. The largest absolute Gasteiger partial charge is 0.395 e. The van der Waals surface area contributed by atoms with E-state index >= 15 is 0 Å². The Morgan fingerprint density at radius 2 is 1.84 bits per heavy atom. The molecular formula is C26H46N2O3. The molecule has 4 fully saturated rings. The first-order chi connectivity index (χ1) is 14.7. The summed E-state index contributed by atoms with van der Waals surface area (Å²) in [6, 6.07) is 0. The maximum absolute atomic E-state index is 12.2. The molecule has 0 heterocycles. The second kappa shape index (κ2) is 8.95. The van der Waals surface area contributed by atoms with E-state index in [0.717, 1.165) is 64.3 Å². The molecule has 0 aromatic rings. The molecule has 178 valence electrons. The lowest BCUT2D eigenvalue weighted by atomic mass is 9.43. The average Bonchev–Trinajstić information content (AvgIpc) is 2.99. The van der Waals surface area contributed by atoms with Gasteiger partial charge in [-0.1, -0.05) is 19.0 Å². The molecule has 4 rings (SSSR count). The third kappa shape index (κ3) is 4.08. The van der Waals surface area contributed by atoms with Crippen molar-refractivity contribution in [2.75, 3.05) is 27.2 Å². The monoisotopic (exact) mass is 434 g/mol. The lowest BCUT2D eigenvalue weighted by Gasteiger charge is -2.63. The van der Waals surface area contributed by atoms with Gasteiger partial charge in [0.25, 0.3) is 0 Å². The smallest absolute Gasteiger partial charge is 0.129 e. The highest BCUT2D eigenvalue weighted by molar-refractivity contribution is 5.56. The fourth-order valence-corrected chi connectivity index (χ4v) is 8.43. The van der Waals surface area contributed by atoms with Crippen molar-refractivity contribution < 1.29 is 15.1 Å². The topological polar surface area (TPSA) is 65.3 Å². The van der Waals surface area contributed by atoms with E-state index in [-0.39, 0.29) is 11.5 Å². The average molecular weight is 435 g/mol. The number of oxime groups is 1. The first-order valence-corrected chi connectivity index (χ1v) is 12.9. The van der Waals surface area contributed by atoms with Crippen LogP contribution < -0.4 is 0 Å². The number of nitrogens with zero attached hydrogens (tertiary/aromatic N) is 2. The Kier molecular flexibility index (Phi) is 6.78. The number of hydrogen-bond donors (Lipinski definition) is 2. The van der Waals surface area contributed by atoms with E-state index in [0.29, 0.717) is 35.7 Å². The minimum absolute atomic E-state index is 0.0329. The van der Waals surface area contributed by atoms with Gasteiger partial charge in [-0.3, -0.25) is 0 Å². The Morgan fingerprint density at radius 1 is 1.03 bits per heavy atom. The lowest BCUT2D eigenvalue weighted by Crippen LogP contribution is -2.62. The Labute approximate surface area is 189 Å². The van der Waals surface area contributed by atoms with Crippen LogP contribution in [0.4, 0.5) is 0 Å². The quantitative estimate of drug-likeness (QED) is 0.353. The minimum Gasteiger partial charge on any atom is -0.395 e. The Bertz CT molecular complexity index is 655. The summed E-state index contributed by atoms with van der Waals surface area (Å²) in [7, 11) is 4.07. The number of aliphatic hydroxyl groups is 2. The molecule has 4 saturated carbocycles. The molecule has 0 radical (unpaired) electrons. The number of likely N-dealkylation sites (N-methyl/N-ethyl adjacent to an activating group) is 1. The molecule has 31 heavy (non-hydrogen) atoms. The summed E-state index contributed by atoms with van der Waals surface area (Å²) >= 11 is 0. The van der Waals surface area contributed by atoms with Gasteiger partial charge in [0, 0.05) is 12.8 Å². The van der Waals surface area contributed by atoms with Gasteiger partial charge in [0.15, 0.2) is 0 Å². The molecule has 0 unspecified atom stereocenters. The third-order valence-electron chi connectivity index (χ3n) is 10.4. The zero-order chi connectivity index (χ0) is 22.3. The maximum atomic E-state index is 12.2. The normalized spacial score (nSPS) is 47.3. The van der Waals surface area contributed by atoms with Crippen molar-refractivity contribution in [1.82, 2.24) is 4.90 Å². The molecule has 5 heteroatoms. The van der Waals surface area contributed by atoms with Gasteiger partial charge in [-0.25, -0.2) is 0 Å². The van der Waals surface area contributed by atoms with Crippen LogP contribution in [0, 0.1) is 34.5 Å². The van der Waals surface area contributed by atoms with Crippen LogP contribution in [0.5, 0.6) is 0 Å². The minimum atomic E-state index is -0.510. The molecule has 4 aliphatic carbocycles. The number of rotatable bonds is 7. The summed E-state index contributed by atoms with van der Waals surface area (Å²) in [5, 5.41) is 26.6. The van der Waals surface area contributed by atoms with Gasteiger partial charge in [-0.05, 0) is 119 Å². The molecule has 0 aromatic carbocycles.